The summed E-state index contributed by atoms with van der Waals surface area (Å²) < 4.78 is 39.5. The number of benzene rings is 1. The maximum atomic E-state index is 12.8. The molecule has 0 amide bonds. The third-order valence-corrected chi connectivity index (χ3v) is 5.38. The smallest absolute Gasteiger partial charge is 0.366 e. The molecule has 0 bridgehead atoms. The van der Waals surface area contributed by atoms with Crippen LogP contribution in [0.25, 0.3) is 5.65 Å². The van der Waals surface area contributed by atoms with E-state index in [4.69, 9.17) is 0 Å². The summed E-state index contributed by atoms with van der Waals surface area (Å²) in [6.45, 7) is 1.26. The van der Waals surface area contributed by atoms with Crippen molar-refractivity contribution in [2.75, 3.05) is 18.0 Å². The largest absolute Gasteiger partial charge is 0.394 e. The second-order valence-electron chi connectivity index (χ2n) is 7.21. The summed E-state index contributed by atoms with van der Waals surface area (Å²) in [6, 6.07) is 11.7. The Morgan fingerprint density at radius 2 is 1.83 bits per heavy atom. The first-order chi connectivity index (χ1) is 13.8. The van der Waals surface area contributed by atoms with Crippen LogP contribution in [0.2, 0.25) is 0 Å². The number of imidazole rings is 1. The van der Waals surface area contributed by atoms with E-state index in [2.05, 4.69) is 17.1 Å². The molecule has 2 aromatic heterocycles. The average Bonchev–Trinajstić information content (AvgIpc) is 3.09. The van der Waals surface area contributed by atoms with Crippen molar-refractivity contribution in [1.82, 2.24) is 9.38 Å². The second-order valence-corrected chi connectivity index (χ2v) is 7.21. The van der Waals surface area contributed by atoms with Gasteiger partial charge in [-0.3, -0.25) is 14.5 Å². The fraction of sp³-hybridized carbons (Fsp3) is 0.350. The van der Waals surface area contributed by atoms with E-state index in [-0.39, 0.29) is 17.0 Å². The maximum absolute atomic E-state index is 12.8. The standard InChI is InChI=1S/C20H19F3N4O2/c21-20(22,23)12-16-13-24-19-18(27(28)29)17(8-11-26(16)19)25-9-6-15(7-10-25)14-4-2-1-3-5-14/h1-5,8,11,13,15H,6-7,9-10,12H2. The number of piperidine rings is 1. The van der Waals surface area contributed by atoms with Gasteiger partial charge in [-0.15, -0.1) is 0 Å². The fourth-order valence-corrected chi connectivity index (χ4v) is 4.02. The molecule has 1 aliphatic rings. The molecule has 3 aromatic rings. The van der Waals surface area contributed by atoms with Gasteiger partial charge >= 0.3 is 11.9 Å². The molecule has 6 nitrogen and oxygen atoms in total. The predicted molar refractivity (Wildman–Crippen MR) is 102 cm³/mol. The van der Waals surface area contributed by atoms with Gasteiger partial charge in [-0.25, -0.2) is 4.98 Å². The number of nitrogens with zero attached hydrogens (tertiary/aromatic N) is 4. The number of alkyl halides is 3. The molecule has 29 heavy (non-hydrogen) atoms. The van der Waals surface area contributed by atoms with Crippen LogP contribution in [-0.2, 0) is 6.42 Å². The molecule has 9 heteroatoms. The summed E-state index contributed by atoms with van der Waals surface area (Å²) >= 11 is 0. The molecule has 0 saturated carbocycles. The topological polar surface area (TPSA) is 63.7 Å². The molecule has 1 saturated heterocycles. The Bertz CT molecular complexity index is 1030. The fourth-order valence-electron chi connectivity index (χ4n) is 4.02. The van der Waals surface area contributed by atoms with Gasteiger partial charge in [0.15, 0.2) is 0 Å². The minimum atomic E-state index is -4.41. The van der Waals surface area contributed by atoms with Crippen LogP contribution >= 0.6 is 0 Å². The highest BCUT2D eigenvalue weighted by Crippen LogP contribution is 2.37. The zero-order chi connectivity index (χ0) is 20.6. The molecule has 0 aliphatic carbocycles. The summed E-state index contributed by atoms with van der Waals surface area (Å²) in [5, 5.41) is 11.8. The molecule has 4 rings (SSSR count). The number of anilines is 1. The highest BCUT2D eigenvalue weighted by molar-refractivity contribution is 5.76. The van der Waals surface area contributed by atoms with Crippen molar-refractivity contribution in [2.24, 2.45) is 0 Å². The van der Waals surface area contributed by atoms with Gasteiger partial charge in [0.25, 0.3) is 0 Å². The number of nitro groups is 1. The first-order valence-corrected chi connectivity index (χ1v) is 9.33. The van der Waals surface area contributed by atoms with E-state index in [1.807, 2.05) is 23.1 Å². The quantitative estimate of drug-likeness (QED) is 0.466. The highest BCUT2D eigenvalue weighted by atomic mass is 19.4. The molecule has 1 aromatic carbocycles. The molecule has 152 valence electrons. The lowest BCUT2D eigenvalue weighted by molar-refractivity contribution is -0.382. The van der Waals surface area contributed by atoms with Crippen molar-refractivity contribution in [2.45, 2.75) is 31.4 Å². The van der Waals surface area contributed by atoms with E-state index in [0.717, 1.165) is 23.4 Å². The monoisotopic (exact) mass is 404 g/mol. The van der Waals surface area contributed by atoms with Crippen LogP contribution in [0.15, 0.2) is 48.8 Å². The van der Waals surface area contributed by atoms with Crippen LogP contribution in [0.5, 0.6) is 0 Å². The molecule has 1 aliphatic heterocycles. The van der Waals surface area contributed by atoms with Crippen LogP contribution in [0.3, 0.4) is 0 Å². The summed E-state index contributed by atoms with van der Waals surface area (Å²) in [5.74, 6) is 0.389. The van der Waals surface area contributed by atoms with E-state index in [0.29, 0.717) is 24.7 Å². The molecule has 1 fully saturated rings. The Balaban J connectivity index is 1.63. The van der Waals surface area contributed by atoms with Crippen molar-refractivity contribution in [3.8, 4) is 0 Å². The Morgan fingerprint density at radius 1 is 1.14 bits per heavy atom. The van der Waals surface area contributed by atoms with Crippen LogP contribution in [0, 0.1) is 10.1 Å². The van der Waals surface area contributed by atoms with E-state index >= 15 is 0 Å². The van der Waals surface area contributed by atoms with Crippen molar-refractivity contribution < 1.29 is 18.1 Å². The number of fused-ring (bicyclic) bond motifs is 1. The third kappa shape index (κ3) is 3.90. The average molecular weight is 404 g/mol. The van der Waals surface area contributed by atoms with E-state index in [1.54, 1.807) is 0 Å². The molecule has 0 spiro atoms. The lowest BCUT2D eigenvalue weighted by atomic mass is 9.89. The molecule has 0 N–H and O–H groups in total. The zero-order valence-electron chi connectivity index (χ0n) is 15.5. The Hall–Kier alpha value is -3.10. The van der Waals surface area contributed by atoms with Crippen molar-refractivity contribution in [3.63, 3.8) is 0 Å². The third-order valence-electron chi connectivity index (χ3n) is 5.38. The molecule has 0 unspecified atom stereocenters. The van der Waals surface area contributed by atoms with Gasteiger partial charge in [0, 0.05) is 25.5 Å². The SMILES string of the molecule is O=[N+]([O-])c1c(N2CCC(c3ccccc3)CC2)ccn2c(CC(F)(F)F)cnc12. The van der Waals surface area contributed by atoms with Crippen LogP contribution in [0.1, 0.15) is 30.0 Å². The minimum absolute atomic E-state index is 0.0584. The van der Waals surface area contributed by atoms with Crippen molar-refractivity contribution in [1.29, 1.82) is 0 Å². The van der Waals surface area contributed by atoms with Gasteiger partial charge in [0.2, 0.25) is 5.65 Å². The van der Waals surface area contributed by atoms with E-state index < -0.39 is 17.5 Å². The van der Waals surface area contributed by atoms with Crippen molar-refractivity contribution in [3.05, 3.63) is 70.2 Å². The molecule has 0 atom stereocenters. The number of hydrogen-bond acceptors (Lipinski definition) is 4. The number of rotatable bonds is 4. The van der Waals surface area contributed by atoms with Gasteiger partial charge in [0.05, 0.1) is 17.0 Å². The van der Waals surface area contributed by atoms with Gasteiger partial charge in [0.1, 0.15) is 5.69 Å². The summed E-state index contributed by atoms with van der Waals surface area (Å²) in [6.07, 6.45) is -1.41. The molecular weight excluding hydrogens is 385 g/mol. The maximum Gasteiger partial charge on any atom is 0.394 e. The molecule has 0 radical (unpaired) electrons. The normalized spacial score (nSPS) is 15.8. The summed E-state index contributed by atoms with van der Waals surface area (Å²) in [4.78, 5) is 17.1. The van der Waals surface area contributed by atoms with Crippen LogP contribution in [-0.4, -0.2) is 33.6 Å². The summed E-state index contributed by atoms with van der Waals surface area (Å²) in [5.41, 5.74) is 1.22. The van der Waals surface area contributed by atoms with E-state index in [1.165, 1.54) is 17.8 Å². The molecule has 3 heterocycles. The van der Waals surface area contributed by atoms with Gasteiger partial charge in [-0.1, -0.05) is 30.3 Å². The molecular formula is C20H19F3N4O2. The Morgan fingerprint density at radius 3 is 2.45 bits per heavy atom. The van der Waals surface area contributed by atoms with Crippen LogP contribution < -0.4 is 4.90 Å². The van der Waals surface area contributed by atoms with Gasteiger partial charge in [-0.05, 0) is 30.4 Å². The summed E-state index contributed by atoms with van der Waals surface area (Å²) in [7, 11) is 0. The Labute approximate surface area is 164 Å². The lowest BCUT2D eigenvalue weighted by Gasteiger charge is -2.33. The zero-order valence-corrected chi connectivity index (χ0v) is 15.5. The first-order valence-electron chi connectivity index (χ1n) is 9.33. The first kappa shape index (κ1) is 19.2. The van der Waals surface area contributed by atoms with E-state index in [9.17, 15) is 23.3 Å². The number of pyridine rings is 1. The Kier molecular flexibility index (Phi) is 4.89. The predicted octanol–water partition coefficient (Wildman–Crippen LogP) is 4.73. The van der Waals surface area contributed by atoms with Crippen LogP contribution in [0.4, 0.5) is 24.5 Å². The van der Waals surface area contributed by atoms with Crippen molar-refractivity contribution >= 4 is 17.0 Å². The second kappa shape index (κ2) is 7.38. The lowest BCUT2D eigenvalue weighted by Crippen LogP contribution is -2.33. The minimum Gasteiger partial charge on any atom is -0.366 e. The highest BCUT2D eigenvalue weighted by Gasteiger charge is 2.32. The van der Waals surface area contributed by atoms with Gasteiger partial charge in [-0.2, -0.15) is 13.2 Å². The number of aromatic nitrogens is 2. The van der Waals surface area contributed by atoms with Gasteiger partial charge < -0.3 is 4.90 Å². The number of halogens is 3. The number of hydrogen-bond donors (Lipinski definition) is 0.